The molecule has 0 amide bonds. The Morgan fingerprint density at radius 2 is 1.86 bits per heavy atom. The lowest BCUT2D eigenvalue weighted by Gasteiger charge is -2.18. The van der Waals surface area contributed by atoms with Gasteiger partial charge in [-0.05, 0) is 43.6 Å². The second-order valence-electron chi connectivity index (χ2n) is 4.04. The Kier molecular flexibility index (Phi) is 5.61. The summed E-state index contributed by atoms with van der Waals surface area (Å²) in [5.74, 6) is 0.917. The van der Waals surface area contributed by atoms with Crippen LogP contribution in [-0.4, -0.2) is 28.0 Å². The zero-order valence-corrected chi connectivity index (χ0v) is 14.6. The summed E-state index contributed by atoms with van der Waals surface area (Å²) < 4.78 is 6.45. The monoisotopic (exact) mass is 390 g/mol. The first-order valence-corrected chi connectivity index (χ1v) is 7.87. The van der Waals surface area contributed by atoms with Crippen LogP contribution < -0.4 is 9.64 Å². The molecule has 5 nitrogen and oxygen atoms in total. The highest BCUT2D eigenvalue weighted by atomic mass is 79.9. The fourth-order valence-electron chi connectivity index (χ4n) is 1.67. The number of halogens is 3. The zero-order valence-electron chi connectivity index (χ0n) is 11.5. The van der Waals surface area contributed by atoms with Crippen molar-refractivity contribution < 1.29 is 4.74 Å². The van der Waals surface area contributed by atoms with Gasteiger partial charge in [0, 0.05) is 17.6 Å². The minimum Gasteiger partial charge on any atom is -0.423 e. The van der Waals surface area contributed by atoms with E-state index < -0.39 is 0 Å². The average molecular weight is 392 g/mol. The molecule has 8 heteroatoms. The van der Waals surface area contributed by atoms with E-state index in [4.69, 9.17) is 27.9 Å². The highest BCUT2D eigenvalue weighted by Crippen LogP contribution is 2.31. The molecule has 0 unspecified atom stereocenters. The van der Waals surface area contributed by atoms with E-state index in [1.807, 2.05) is 24.8 Å². The molecule has 1 aromatic heterocycles. The summed E-state index contributed by atoms with van der Waals surface area (Å²) in [6.07, 6.45) is 0. The molecule has 0 atom stereocenters. The van der Waals surface area contributed by atoms with Crippen LogP contribution in [0.4, 0.5) is 5.95 Å². The summed E-state index contributed by atoms with van der Waals surface area (Å²) in [4.78, 5) is 14.3. The van der Waals surface area contributed by atoms with Gasteiger partial charge in [0.1, 0.15) is 0 Å². The molecule has 0 saturated heterocycles. The van der Waals surface area contributed by atoms with Gasteiger partial charge in [-0.25, -0.2) is 0 Å². The van der Waals surface area contributed by atoms with Gasteiger partial charge in [0.15, 0.2) is 5.75 Å². The second kappa shape index (κ2) is 7.24. The molecule has 1 heterocycles. The van der Waals surface area contributed by atoms with E-state index in [0.29, 0.717) is 16.7 Å². The Bertz CT molecular complexity index is 638. The minimum absolute atomic E-state index is 0.0769. The molecule has 0 aliphatic carbocycles. The van der Waals surface area contributed by atoms with Gasteiger partial charge in [-0.3, -0.25) is 0 Å². The van der Waals surface area contributed by atoms with Gasteiger partial charge >= 0.3 is 6.01 Å². The molecule has 0 fully saturated rings. The van der Waals surface area contributed by atoms with Crippen LogP contribution in [0.5, 0.6) is 11.8 Å². The quantitative estimate of drug-likeness (QED) is 0.746. The minimum atomic E-state index is 0.0769. The number of hydrogen-bond donors (Lipinski definition) is 0. The molecule has 0 aliphatic heterocycles. The summed E-state index contributed by atoms with van der Waals surface area (Å²) in [7, 11) is 0. The second-order valence-corrected chi connectivity index (χ2v) is 5.70. The molecule has 0 radical (unpaired) electrons. The lowest BCUT2D eigenvalue weighted by molar-refractivity contribution is 0.439. The first-order chi connectivity index (χ1) is 10.0. The third-order valence-electron chi connectivity index (χ3n) is 2.72. The van der Waals surface area contributed by atoms with Gasteiger partial charge in [-0.1, -0.05) is 27.5 Å². The highest BCUT2D eigenvalue weighted by molar-refractivity contribution is 9.10. The van der Waals surface area contributed by atoms with Crippen molar-refractivity contribution in [1.82, 2.24) is 15.0 Å². The summed E-state index contributed by atoms with van der Waals surface area (Å²) in [6.45, 7) is 5.53. The van der Waals surface area contributed by atoms with E-state index in [-0.39, 0.29) is 11.3 Å². The van der Waals surface area contributed by atoms with Crippen LogP contribution >= 0.6 is 39.1 Å². The van der Waals surface area contributed by atoms with Gasteiger partial charge < -0.3 is 9.64 Å². The van der Waals surface area contributed by atoms with Gasteiger partial charge in [0.2, 0.25) is 11.2 Å². The largest absolute Gasteiger partial charge is 0.423 e. The maximum Gasteiger partial charge on any atom is 0.328 e. The lowest BCUT2D eigenvalue weighted by Crippen LogP contribution is -2.24. The van der Waals surface area contributed by atoms with Gasteiger partial charge in [0.05, 0.1) is 5.02 Å². The van der Waals surface area contributed by atoms with Crippen molar-refractivity contribution >= 4 is 45.1 Å². The van der Waals surface area contributed by atoms with E-state index in [2.05, 4.69) is 30.9 Å². The van der Waals surface area contributed by atoms with Crippen molar-refractivity contribution in [3.05, 3.63) is 33.0 Å². The molecule has 112 valence electrons. The summed E-state index contributed by atoms with van der Waals surface area (Å²) in [5, 5.41) is 0.534. The van der Waals surface area contributed by atoms with Crippen LogP contribution in [0, 0.1) is 0 Å². The molecule has 0 N–H and O–H groups in total. The molecule has 0 bridgehead atoms. The highest BCUT2D eigenvalue weighted by Gasteiger charge is 2.13. The first-order valence-electron chi connectivity index (χ1n) is 6.33. The Morgan fingerprint density at radius 3 is 2.52 bits per heavy atom. The van der Waals surface area contributed by atoms with Crippen LogP contribution in [0.2, 0.25) is 10.3 Å². The fourth-order valence-corrected chi connectivity index (χ4v) is 2.31. The fraction of sp³-hybridized carbons (Fsp3) is 0.308. The number of hydrogen-bond acceptors (Lipinski definition) is 5. The number of anilines is 1. The Morgan fingerprint density at radius 1 is 1.14 bits per heavy atom. The molecule has 0 aliphatic rings. The zero-order chi connectivity index (χ0) is 15.4. The Labute approximate surface area is 141 Å². The van der Waals surface area contributed by atoms with E-state index >= 15 is 0 Å². The number of ether oxygens (including phenoxy) is 1. The first kappa shape index (κ1) is 16.3. The van der Waals surface area contributed by atoms with Crippen LogP contribution in [-0.2, 0) is 0 Å². The topological polar surface area (TPSA) is 51.1 Å². The SMILES string of the molecule is CCN(CC)c1nc(Cl)nc(Oc2cc(Br)ccc2Cl)n1. The lowest BCUT2D eigenvalue weighted by atomic mass is 10.3. The van der Waals surface area contributed by atoms with Crippen molar-refractivity contribution in [3.63, 3.8) is 0 Å². The van der Waals surface area contributed by atoms with Crippen molar-refractivity contribution in [2.24, 2.45) is 0 Å². The van der Waals surface area contributed by atoms with Crippen LogP contribution in [0.3, 0.4) is 0 Å². The summed E-state index contributed by atoms with van der Waals surface area (Å²) in [5.41, 5.74) is 0. The molecule has 0 spiro atoms. The molecule has 21 heavy (non-hydrogen) atoms. The number of nitrogens with zero attached hydrogens (tertiary/aromatic N) is 4. The number of rotatable bonds is 5. The number of benzene rings is 1. The normalized spacial score (nSPS) is 10.5. The number of aromatic nitrogens is 3. The summed E-state index contributed by atoms with van der Waals surface area (Å²) >= 11 is 15.4. The predicted octanol–water partition coefficient (Wildman–Crippen LogP) is 4.58. The van der Waals surface area contributed by atoms with Gasteiger partial charge in [-0.2, -0.15) is 15.0 Å². The molecule has 2 rings (SSSR count). The predicted molar refractivity (Wildman–Crippen MR) is 87.6 cm³/mol. The molecular formula is C13H13BrCl2N4O. The summed E-state index contributed by atoms with van der Waals surface area (Å²) in [6, 6.07) is 5.38. The van der Waals surface area contributed by atoms with E-state index in [0.717, 1.165) is 17.6 Å². The van der Waals surface area contributed by atoms with Crippen LogP contribution in [0.1, 0.15) is 13.8 Å². The molecule has 1 aromatic carbocycles. The van der Waals surface area contributed by atoms with E-state index in [1.54, 1.807) is 12.1 Å². The maximum atomic E-state index is 6.08. The van der Waals surface area contributed by atoms with Crippen molar-refractivity contribution in [1.29, 1.82) is 0 Å². The molecular weight excluding hydrogens is 379 g/mol. The molecule has 2 aromatic rings. The van der Waals surface area contributed by atoms with Gasteiger partial charge in [-0.15, -0.1) is 0 Å². The standard InChI is InChI=1S/C13H13BrCl2N4O/c1-3-20(4-2)12-17-11(16)18-13(19-12)21-10-7-8(14)5-6-9(10)15/h5-7H,3-4H2,1-2H3. The van der Waals surface area contributed by atoms with Crippen LogP contribution in [0.25, 0.3) is 0 Å². The van der Waals surface area contributed by atoms with Crippen molar-refractivity contribution in [2.75, 3.05) is 18.0 Å². The maximum absolute atomic E-state index is 6.08. The van der Waals surface area contributed by atoms with Crippen LogP contribution in [0.15, 0.2) is 22.7 Å². The smallest absolute Gasteiger partial charge is 0.328 e. The van der Waals surface area contributed by atoms with Crippen molar-refractivity contribution in [2.45, 2.75) is 13.8 Å². The average Bonchev–Trinajstić information content (AvgIpc) is 2.44. The third kappa shape index (κ3) is 4.18. The third-order valence-corrected chi connectivity index (χ3v) is 3.69. The van der Waals surface area contributed by atoms with Gasteiger partial charge in [0.25, 0.3) is 0 Å². The Hall–Kier alpha value is -1.11. The van der Waals surface area contributed by atoms with Crippen molar-refractivity contribution in [3.8, 4) is 11.8 Å². The van der Waals surface area contributed by atoms with E-state index in [9.17, 15) is 0 Å². The van der Waals surface area contributed by atoms with E-state index in [1.165, 1.54) is 0 Å². The molecule has 0 saturated carbocycles. The Balaban J connectivity index is 2.34.